The Morgan fingerprint density at radius 1 is 1.67 bits per heavy atom. The van der Waals surface area contributed by atoms with Crippen LogP contribution in [0.3, 0.4) is 0 Å². The highest BCUT2D eigenvalue weighted by Gasteiger charge is 2.19. The zero-order chi connectivity index (χ0) is 9.61. The molecular formula is C10H19ClO. The van der Waals surface area contributed by atoms with Gasteiger partial charge in [-0.2, -0.15) is 0 Å². The number of alkyl halides is 1. The van der Waals surface area contributed by atoms with Crippen molar-refractivity contribution in [2.75, 3.05) is 12.5 Å². The quantitative estimate of drug-likeness (QED) is 0.462. The minimum atomic E-state index is -0.0784. The standard InChI is InChI=1S/C10H19ClO/c1-5-9(3)12-8-10(4,6-2)7-11/h6,9H,2,5,7-8H2,1,3-4H3. The van der Waals surface area contributed by atoms with Crippen molar-refractivity contribution in [1.82, 2.24) is 0 Å². The van der Waals surface area contributed by atoms with Gasteiger partial charge >= 0.3 is 0 Å². The van der Waals surface area contributed by atoms with Crippen LogP contribution in [0.4, 0.5) is 0 Å². The molecular weight excluding hydrogens is 172 g/mol. The van der Waals surface area contributed by atoms with Crippen LogP contribution in [0.25, 0.3) is 0 Å². The van der Waals surface area contributed by atoms with E-state index in [4.69, 9.17) is 16.3 Å². The fourth-order valence-electron chi connectivity index (χ4n) is 0.603. The lowest BCUT2D eigenvalue weighted by molar-refractivity contribution is 0.0271. The summed E-state index contributed by atoms with van der Waals surface area (Å²) in [6.45, 7) is 10.6. The van der Waals surface area contributed by atoms with Gasteiger partial charge in [0.1, 0.15) is 0 Å². The Bertz CT molecular complexity index is 136. The molecule has 0 N–H and O–H groups in total. The third-order valence-corrected chi connectivity index (χ3v) is 2.68. The van der Waals surface area contributed by atoms with Crippen molar-refractivity contribution in [2.24, 2.45) is 5.41 Å². The van der Waals surface area contributed by atoms with Crippen LogP contribution < -0.4 is 0 Å². The second kappa shape index (κ2) is 5.60. The van der Waals surface area contributed by atoms with Crippen LogP contribution in [0, 0.1) is 5.41 Å². The summed E-state index contributed by atoms with van der Waals surface area (Å²) in [5, 5.41) is 0. The average molecular weight is 191 g/mol. The van der Waals surface area contributed by atoms with Crippen molar-refractivity contribution in [1.29, 1.82) is 0 Å². The first-order chi connectivity index (χ1) is 5.58. The van der Waals surface area contributed by atoms with Crippen molar-refractivity contribution in [3.63, 3.8) is 0 Å². The van der Waals surface area contributed by atoms with Crippen LogP contribution in [0.2, 0.25) is 0 Å². The third kappa shape index (κ3) is 4.13. The molecule has 0 aromatic rings. The van der Waals surface area contributed by atoms with E-state index in [2.05, 4.69) is 27.4 Å². The molecule has 0 fully saturated rings. The molecule has 0 bridgehead atoms. The summed E-state index contributed by atoms with van der Waals surface area (Å²) in [6.07, 6.45) is 3.21. The van der Waals surface area contributed by atoms with Gasteiger partial charge in [0.2, 0.25) is 0 Å². The first-order valence-corrected chi connectivity index (χ1v) is 4.92. The second-order valence-electron chi connectivity index (χ2n) is 3.52. The number of rotatable bonds is 6. The van der Waals surface area contributed by atoms with Gasteiger partial charge in [0, 0.05) is 11.3 Å². The highest BCUT2D eigenvalue weighted by molar-refractivity contribution is 6.18. The van der Waals surface area contributed by atoms with E-state index in [1.54, 1.807) is 0 Å². The van der Waals surface area contributed by atoms with Crippen LogP contribution in [-0.4, -0.2) is 18.6 Å². The maximum absolute atomic E-state index is 5.78. The molecule has 0 aliphatic heterocycles. The zero-order valence-electron chi connectivity index (χ0n) is 8.27. The molecule has 72 valence electrons. The lowest BCUT2D eigenvalue weighted by Crippen LogP contribution is -2.25. The van der Waals surface area contributed by atoms with E-state index in [9.17, 15) is 0 Å². The van der Waals surface area contributed by atoms with Crippen LogP contribution >= 0.6 is 11.6 Å². The van der Waals surface area contributed by atoms with Crippen molar-refractivity contribution < 1.29 is 4.74 Å². The Kier molecular flexibility index (Phi) is 5.60. The first kappa shape index (κ1) is 12.0. The summed E-state index contributed by atoms with van der Waals surface area (Å²) in [4.78, 5) is 0. The van der Waals surface area contributed by atoms with Crippen molar-refractivity contribution in [2.45, 2.75) is 33.3 Å². The van der Waals surface area contributed by atoms with Gasteiger partial charge in [-0.25, -0.2) is 0 Å². The average Bonchev–Trinajstić information content (AvgIpc) is 2.13. The van der Waals surface area contributed by atoms with E-state index in [1.165, 1.54) is 0 Å². The molecule has 0 amide bonds. The van der Waals surface area contributed by atoms with Gasteiger partial charge in [-0.3, -0.25) is 0 Å². The monoisotopic (exact) mass is 190 g/mol. The number of ether oxygens (including phenoxy) is 1. The molecule has 0 spiro atoms. The van der Waals surface area contributed by atoms with Crippen molar-refractivity contribution >= 4 is 11.6 Å². The molecule has 0 heterocycles. The van der Waals surface area contributed by atoms with Gasteiger partial charge in [-0.05, 0) is 13.3 Å². The second-order valence-corrected chi connectivity index (χ2v) is 3.79. The minimum Gasteiger partial charge on any atom is -0.378 e. The topological polar surface area (TPSA) is 9.23 Å². The normalized spacial score (nSPS) is 18.3. The van der Waals surface area contributed by atoms with E-state index in [0.29, 0.717) is 18.6 Å². The van der Waals surface area contributed by atoms with Crippen LogP contribution in [0.5, 0.6) is 0 Å². The van der Waals surface area contributed by atoms with E-state index < -0.39 is 0 Å². The van der Waals surface area contributed by atoms with E-state index in [1.807, 2.05) is 6.08 Å². The molecule has 2 heteroatoms. The molecule has 0 aliphatic carbocycles. The van der Waals surface area contributed by atoms with Gasteiger partial charge < -0.3 is 4.74 Å². The predicted molar refractivity (Wildman–Crippen MR) is 54.7 cm³/mol. The van der Waals surface area contributed by atoms with Gasteiger partial charge in [0.25, 0.3) is 0 Å². The van der Waals surface area contributed by atoms with Crippen LogP contribution in [-0.2, 0) is 4.74 Å². The fraction of sp³-hybridized carbons (Fsp3) is 0.800. The molecule has 1 nitrogen and oxygen atoms in total. The molecule has 0 aliphatic rings. The Morgan fingerprint density at radius 2 is 2.25 bits per heavy atom. The van der Waals surface area contributed by atoms with Gasteiger partial charge in [-0.15, -0.1) is 18.2 Å². The lowest BCUT2D eigenvalue weighted by atomic mass is 9.95. The molecule has 0 aromatic carbocycles. The largest absolute Gasteiger partial charge is 0.378 e. The summed E-state index contributed by atoms with van der Waals surface area (Å²) in [7, 11) is 0. The Balaban J connectivity index is 3.80. The summed E-state index contributed by atoms with van der Waals surface area (Å²) < 4.78 is 5.58. The van der Waals surface area contributed by atoms with E-state index >= 15 is 0 Å². The zero-order valence-corrected chi connectivity index (χ0v) is 9.03. The molecule has 0 saturated heterocycles. The Labute approximate surface area is 80.8 Å². The number of halogens is 1. The summed E-state index contributed by atoms with van der Waals surface area (Å²) >= 11 is 5.78. The minimum absolute atomic E-state index is 0.0784. The Morgan fingerprint density at radius 3 is 2.58 bits per heavy atom. The fourth-order valence-corrected chi connectivity index (χ4v) is 0.789. The molecule has 0 rings (SSSR count). The number of hydrogen-bond donors (Lipinski definition) is 0. The first-order valence-electron chi connectivity index (χ1n) is 4.39. The summed E-state index contributed by atoms with van der Waals surface area (Å²) in [6, 6.07) is 0. The maximum atomic E-state index is 5.78. The highest BCUT2D eigenvalue weighted by atomic mass is 35.5. The smallest absolute Gasteiger partial charge is 0.0569 e. The maximum Gasteiger partial charge on any atom is 0.0569 e. The van der Waals surface area contributed by atoms with Crippen molar-refractivity contribution in [3.05, 3.63) is 12.7 Å². The van der Waals surface area contributed by atoms with Gasteiger partial charge in [0.15, 0.2) is 0 Å². The number of hydrogen-bond acceptors (Lipinski definition) is 1. The third-order valence-electron chi connectivity index (χ3n) is 2.07. The molecule has 12 heavy (non-hydrogen) atoms. The molecule has 2 unspecified atom stereocenters. The summed E-state index contributed by atoms with van der Waals surface area (Å²) in [5.41, 5.74) is -0.0784. The van der Waals surface area contributed by atoms with Crippen LogP contribution in [0.1, 0.15) is 27.2 Å². The SMILES string of the molecule is C=CC(C)(CCl)COC(C)CC. The highest BCUT2D eigenvalue weighted by Crippen LogP contribution is 2.20. The molecule has 0 radical (unpaired) electrons. The predicted octanol–water partition coefficient (Wildman–Crippen LogP) is 3.23. The van der Waals surface area contributed by atoms with Crippen LogP contribution in [0.15, 0.2) is 12.7 Å². The lowest BCUT2D eigenvalue weighted by Gasteiger charge is -2.24. The molecule has 0 aromatic heterocycles. The molecule has 0 saturated carbocycles. The Hall–Kier alpha value is -0.0100. The van der Waals surface area contributed by atoms with E-state index in [0.717, 1.165) is 6.42 Å². The van der Waals surface area contributed by atoms with Gasteiger partial charge in [0.05, 0.1) is 12.7 Å². The van der Waals surface area contributed by atoms with E-state index in [-0.39, 0.29) is 5.41 Å². The summed E-state index contributed by atoms with van der Waals surface area (Å²) in [5.74, 6) is 0.562. The molecule has 2 atom stereocenters. The van der Waals surface area contributed by atoms with Crippen molar-refractivity contribution in [3.8, 4) is 0 Å². The van der Waals surface area contributed by atoms with Gasteiger partial charge in [-0.1, -0.05) is 19.9 Å².